The van der Waals surface area contributed by atoms with Crippen molar-refractivity contribution >= 4 is 21.6 Å². The summed E-state index contributed by atoms with van der Waals surface area (Å²) in [5, 5.41) is 2.83. The molecular weight excluding hydrogens is 352 g/mol. The predicted molar refractivity (Wildman–Crippen MR) is 103 cm³/mol. The third-order valence-corrected chi connectivity index (χ3v) is 4.94. The van der Waals surface area contributed by atoms with Gasteiger partial charge in [0.25, 0.3) is 0 Å². The van der Waals surface area contributed by atoms with Crippen LogP contribution in [0.3, 0.4) is 0 Å². The van der Waals surface area contributed by atoms with Crippen molar-refractivity contribution < 1.29 is 17.9 Å². The van der Waals surface area contributed by atoms with E-state index in [2.05, 4.69) is 5.32 Å². The van der Waals surface area contributed by atoms with Gasteiger partial charge in [0.1, 0.15) is 12.3 Å². The molecule has 2 rings (SSSR count). The van der Waals surface area contributed by atoms with Crippen LogP contribution >= 0.6 is 0 Å². The number of anilines is 1. The lowest BCUT2D eigenvalue weighted by Crippen LogP contribution is -2.41. The van der Waals surface area contributed by atoms with Crippen LogP contribution in [0.1, 0.15) is 25.5 Å². The Morgan fingerprint density at radius 3 is 2.27 bits per heavy atom. The summed E-state index contributed by atoms with van der Waals surface area (Å²) in [5.41, 5.74) is 1.37. The van der Waals surface area contributed by atoms with Crippen molar-refractivity contribution in [2.75, 3.05) is 23.7 Å². The summed E-state index contributed by atoms with van der Waals surface area (Å²) in [6, 6.07) is 15.7. The summed E-state index contributed by atoms with van der Waals surface area (Å²) < 4.78 is 30.6. The number of benzene rings is 2. The lowest BCUT2D eigenvalue weighted by atomic mass is 10.1. The van der Waals surface area contributed by atoms with E-state index in [4.69, 9.17) is 4.74 Å². The smallest absolute Gasteiger partial charge is 0.241 e. The zero-order valence-corrected chi connectivity index (χ0v) is 16.0. The second kappa shape index (κ2) is 8.71. The van der Waals surface area contributed by atoms with Crippen LogP contribution in [0.4, 0.5) is 5.69 Å². The molecule has 0 aromatic heterocycles. The van der Waals surface area contributed by atoms with E-state index in [0.717, 1.165) is 21.9 Å². The largest absolute Gasteiger partial charge is 0.494 e. The van der Waals surface area contributed by atoms with Gasteiger partial charge in [-0.05, 0) is 43.7 Å². The van der Waals surface area contributed by atoms with Gasteiger partial charge in [0.15, 0.2) is 0 Å². The number of sulfonamides is 1. The first-order chi connectivity index (χ1) is 12.3. The summed E-state index contributed by atoms with van der Waals surface area (Å²) in [4.78, 5) is 12.4. The van der Waals surface area contributed by atoms with Crippen molar-refractivity contribution in [3.8, 4) is 5.75 Å². The molecule has 0 saturated carbocycles. The van der Waals surface area contributed by atoms with Crippen LogP contribution in [-0.4, -0.2) is 33.7 Å². The van der Waals surface area contributed by atoms with Gasteiger partial charge < -0.3 is 10.1 Å². The SMILES string of the molecule is CCOc1ccc(C(C)NC(=O)CN(c2ccccc2)S(C)(=O)=O)cc1. The molecule has 26 heavy (non-hydrogen) atoms. The van der Waals surface area contributed by atoms with E-state index < -0.39 is 10.0 Å². The molecule has 0 spiro atoms. The number of hydrogen-bond acceptors (Lipinski definition) is 4. The molecule has 1 atom stereocenters. The van der Waals surface area contributed by atoms with E-state index in [9.17, 15) is 13.2 Å². The summed E-state index contributed by atoms with van der Waals surface area (Å²) in [6.07, 6.45) is 1.09. The van der Waals surface area contributed by atoms with Crippen LogP contribution in [0, 0.1) is 0 Å². The molecule has 140 valence electrons. The Morgan fingerprint density at radius 2 is 1.73 bits per heavy atom. The molecule has 0 aliphatic carbocycles. The number of amides is 1. The molecular formula is C19H24N2O4S. The highest BCUT2D eigenvalue weighted by molar-refractivity contribution is 7.92. The van der Waals surface area contributed by atoms with E-state index in [0.29, 0.717) is 12.3 Å². The standard InChI is InChI=1S/C19H24N2O4S/c1-4-25-18-12-10-16(11-13-18)15(2)20-19(22)14-21(26(3,23)24)17-8-6-5-7-9-17/h5-13,15H,4,14H2,1-3H3,(H,20,22). The topological polar surface area (TPSA) is 75.7 Å². The number of rotatable bonds is 8. The number of carbonyl (C=O) groups is 1. The first-order valence-electron chi connectivity index (χ1n) is 8.36. The Bertz CT molecular complexity index is 820. The zero-order chi connectivity index (χ0) is 19.2. The Morgan fingerprint density at radius 1 is 1.12 bits per heavy atom. The fraction of sp³-hybridized carbons (Fsp3) is 0.316. The molecule has 0 saturated heterocycles. The highest BCUT2D eigenvalue weighted by atomic mass is 32.2. The van der Waals surface area contributed by atoms with Gasteiger partial charge in [0, 0.05) is 0 Å². The van der Waals surface area contributed by atoms with Crippen molar-refractivity contribution in [3.05, 3.63) is 60.2 Å². The summed E-state index contributed by atoms with van der Waals surface area (Å²) in [6.45, 7) is 4.08. The second-order valence-electron chi connectivity index (χ2n) is 5.90. The average Bonchev–Trinajstić information content (AvgIpc) is 2.60. The summed E-state index contributed by atoms with van der Waals surface area (Å²) in [7, 11) is -3.57. The van der Waals surface area contributed by atoms with Gasteiger partial charge in [0.2, 0.25) is 15.9 Å². The predicted octanol–water partition coefficient (Wildman–Crippen LogP) is 2.73. The zero-order valence-electron chi connectivity index (χ0n) is 15.2. The van der Waals surface area contributed by atoms with E-state index in [1.165, 1.54) is 0 Å². The van der Waals surface area contributed by atoms with E-state index in [-0.39, 0.29) is 18.5 Å². The van der Waals surface area contributed by atoms with Crippen LogP contribution in [0.25, 0.3) is 0 Å². The molecule has 0 aliphatic rings. The lowest BCUT2D eigenvalue weighted by molar-refractivity contribution is -0.120. The molecule has 1 amide bonds. The van der Waals surface area contributed by atoms with Crippen molar-refractivity contribution in [2.24, 2.45) is 0 Å². The van der Waals surface area contributed by atoms with Gasteiger partial charge in [-0.2, -0.15) is 0 Å². The van der Waals surface area contributed by atoms with Crippen molar-refractivity contribution in [1.82, 2.24) is 5.32 Å². The molecule has 0 aliphatic heterocycles. The Kier molecular flexibility index (Phi) is 6.63. The van der Waals surface area contributed by atoms with Crippen molar-refractivity contribution in [3.63, 3.8) is 0 Å². The number of nitrogens with one attached hydrogen (secondary N) is 1. The molecule has 2 aromatic carbocycles. The normalized spacial score (nSPS) is 12.3. The van der Waals surface area contributed by atoms with Gasteiger partial charge in [-0.3, -0.25) is 9.10 Å². The number of hydrogen-bond donors (Lipinski definition) is 1. The van der Waals surface area contributed by atoms with Gasteiger partial charge >= 0.3 is 0 Å². The first kappa shape index (κ1) is 19.8. The molecule has 0 fully saturated rings. The second-order valence-corrected chi connectivity index (χ2v) is 7.80. The van der Waals surface area contributed by atoms with Crippen LogP contribution in [0.2, 0.25) is 0 Å². The molecule has 2 aromatic rings. The van der Waals surface area contributed by atoms with E-state index in [1.807, 2.05) is 38.1 Å². The average molecular weight is 376 g/mol. The minimum atomic E-state index is -3.57. The molecule has 1 N–H and O–H groups in total. The molecule has 7 heteroatoms. The third-order valence-electron chi connectivity index (χ3n) is 3.80. The van der Waals surface area contributed by atoms with Gasteiger partial charge in [-0.15, -0.1) is 0 Å². The van der Waals surface area contributed by atoms with Crippen LogP contribution < -0.4 is 14.4 Å². The van der Waals surface area contributed by atoms with E-state index >= 15 is 0 Å². The Balaban J connectivity index is 2.05. The fourth-order valence-corrected chi connectivity index (χ4v) is 3.37. The molecule has 1 unspecified atom stereocenters. The molecule has 0 bridgehead atoms. The minimum absolute atomic E-state index is 0.254. The summed E-state index contributed by atoms with van der Waals surface area (Å²) in [5.74, 6) is 0.391. The highest BCUT2D eigenvalue weighted by Gasteiger charge is 2.21. The van der Waals surface area contributed by atoms with Gasteiger partial charge in [-0.25, -0.2) is 8.42 Å². The van der Waals surface area contributed by atoms with Crippen LogP contribution in [0.5, 0.6) is 5.75 Å². The molecule has 0 radical (unpaired) electrons. The van der Waals surface area contributed by atoms with Gasteiger partial charge in [-0.1, -0.05) is 30.3 Å². The number of nitrogens with zero attached hydrogens (tertiary/aromatic N) is 1. The minimum Gasteiger partial charge on any atom is -0.494 e. The number of para-hydroxylation sites is 1. The lowest BCUT2D eigenvalue weighted by Gasteiger charge is -2.23. The Hall–Kier alpha value is -2.54. The van der Waals surface area contributed by atoms with E-state index in [1.54, 1.807) is 30.3 Å². The maximum absolute atomic E-state index is 12.4. The van der Waals surface area contributed by atoms with Crippen molar-refractivity contribution in [1.29, 1.82) is 0 Å². The van der Waals surface area contributed by atoms with Crippen LogP contribution in [-0.2, 0) is 14.8 Å². The highest BCUT2D eigenvalue weighted by Crippen LogP contribution is 2.19. The quantitative estimate of drug-likeness (QED) is 0.769. The molecule has 6 nitrogen and oxygen atoms in total. The van der Waals surface area contributed by atoms with Crippen molar-refractivity contribution in [2.45, 2.75) is 19.9 Å². The van der Waals surface area contributed by atoms with Gasteiger partial charge in [0.05, 0.1) is 24.6 Å². The maximum atomic E-state index is 12.4. The third kappa shape index (κ3) is 5.49. The first-order valence-corrected chi connectivity index (χ1v) is 10.2. The summed E-state index contributed by atoms with van der Waals surface area (Å²) >= 11 is 0. The van der Waals surface area contributed by atoms with Crippen LogP contribution in [0.15, 0.2) is 54.6 Å². The monoisotopic (exact) mass is 376 g/mol. The Labute approximate surface area is 154 Å². The molecule has 0 heterocycles. The fourth-order valence-electron chi connectivity index (χ4n) is 2.51. The number of ether oxygens (including phenoxy) is 1. The number of carbonyl (C=O) groups excluding carboxylic acids is 1. The maximum Gasteiger partial charge on any atom is 0.241 e.